The molecule has 3 rings (SSSR count). The van der Waals surface area contributed by atoms with E-state index in [1.54, 1.807) is 23.8 Å². The summed E-state index contributed by atoms with van der Waals surface area (Å²) < 4.78 is 6.88. The van der Waals surface area contributed by atoms with Crippen LogP contribution < -0.4 is 9.64 Å². The number of carbonyl (C=O) groups is 1. The molecule has 0 saturated heterocycles. The van der Waals surface area contributed by atoms with Gasteiger partial charge in [-0.1, -0.05) is 30.3 Å². The second kappa shape index (κ2) is 8.01. The summed E-state index contributed by atoms with van der Waals surface area (Å²) in [5, 5.41) is 19.2. The SMILES string of the molecule is COc1ccc(CC(=O)N=Nc2c(O)n(C[NH+](C)C)c3ccccc23)cc1. The van der Waals surface area contributed by atoms with Gasteiger partial charge in [0.05, 0.1) is 33.1 Å². The topological polar surface area (TPSA) is 80.6 Å². The van der Waals surface area contributed by atoms with E-state index in [1.165, 1.54) is 0 Å². The standard InChI is InChI=1S/C20H22N4O3/c1-23(2)13-24-17-7-5-4-6-16(17)19(20(24)26)22-21-18(25)12-14-8-10-15(27-3)11-9-14/h4-11,26H,12-13H2,1-3H3/p+1. The first-order valence-electron chi connectivity index (χ1n) is 8.66. The summed E-state index contributed by atoms with van der Waals surface area (Å²) in [4.78, 5) is 13.3. The normalized spacial score (nSPS) is 11.6. The highest BCUT2D eigenvalue weighted by atomic mass is 16.5. The van der Waals surface area contributed by atoms with Crippen LogP contribution in [-0.2, 0) is 17.9 Å². The van der Waals surface area contributed by atoms with E-state index in [0.717, 1.165) is 27.1 Å². The molecule has 0 aliphatic rings. The number of aromatic hydroxyl groups is 1. The molecule has 2 aromatic carbocycles. The lowest BCUT2D eigenvalue weighted by molar-refractivity contribution is -0.882. The van der Waals surface area contributed by atoms with E-state index in [2.05, 4.69) is 10.2 Å². The van der Waals surface area contributed by atoms with Crippen molar-refractivity contribution in [2.24, 2.45) is 10.2 Å². The lowest BCUT2D eigenvalue weighted by Gasteiger charge is -2.10. The molecule has 1 amide bonds. The minimum Gasteiger partial charge on any atom is -0.497 e. The Balaban J connectivity index is 1.84. The fourth-order valence-electron chi connectivity index (χ4n) is 2.91. The number of methoxy groups -OCH3 is 1. The smallest absolute Gasteiger partial charge is 0.269 e. The van der Waals surface area contributed by atoms with Gasteiger partial charge in [-0.15, -0.1) is 10.2 Å². The van der Waals surface area contributed by atoms with Crippen LogP contribution >= 0.6 is 0 Å². The summed E-state index contributed by atoms with van der Waals surface area (Å²) in [6, 6.07) is 14.8. The van der Waals surface area contributed by atoms with Crippen LogP contribution in [0.15, 0.2) is 58.8 Å². The minimum atomic E-state index is -0.380. The van der Waals surface area contributed by atoms with E-state index in [-0.39, 0.29) is 18.2 Å². The first-order valence-corrected chi connectivity index (χ1v) is 8.66. The summed E-state index contributed by atoms with van der Waals surface area (Å²) >= 11 is 0. The van der Waals surface area contributed by atoms with Gasteiger partial charge in [-0.3, -0.25) is 9.36 Å². The van der Waals surface area contributed by atoms with Crippen molar-refractivity contribution in [2.75, 3.05) is 21.2 Å². The highest BCUT2D eigenvalue weighted by Gasteiger charge is 2.18. The summed E-state index contributed by atoms with van der Waals surface area (Å²) in [5.74, 6) is 0.363. The number of aromatic nitrogens is 1. The Morgan fingerprint density at radius 1 is 1.15 bits per heavy atom. The van der Waals surface area contributed by atoms with Crippen molar-refractivity contribution < 1.29 is 19.5 Å². The Morgan fingerprint density at radius 3 is 2.52 bits per heavy atom. The minimum absolute atomic E-state index is 0.0124. The monoisotopic (exact) mass is 367 g/mol. The van der Waals surface area contributed by atoms with E-state index < -0.39 is 0 Å². The molecule has 7 nitrogen and oxygen atoms in total. The molecule has 0 atom stereocenters. The molecule has 2 N–H and O–H groups in total. The van der Waals surface area contributed by atoms with Gasteiger partial charge in [0, 0.05) is 5.39 Å². The molecule has 7 heteroatoms. The van der Waals surface area contributed by atoms with Crippen molar-refractivity contribution in [3.63, 3.8) is 0 Å². The maximum atomic E-state index is 12.2. The first kappa shape index (κ1) is 18.6. The summed E-state index contributed by atoms with van der Waals surface area (Å²) in [6.07, 6.45) is 0.134. The molecule has 0 radical (unpaired) electrons. The van der Waals surface area contributed by atoms with Crippen molar-refractivity contribution >= 4 is 22.5 Å². The van der Waals surface area contributed by atoms with E-state index in [4.69, 9.17) is 4.74 Å². The van der Waals surface area contributed by atoms with Gasteiger partial charge in [0.15, 0.2) is 12.4 Å². The van der Waals surface area contributed by atoms with Gasteiger partial charge in [-0.25, -0.2) is 0 Å². The van der Waals surface area contributed by atoms with Crippen molar-refractivity contribution in [2.45, 2.75) is 13.1 Å². The van der Waals surface area contributed by atoms with Gasteiger partial charge in [0.1, 0.15) is 5.75 Å². The van der Waals surface area contributed by atoms with E-state index in [9.17, 15) is 9.90 Å². The van der Waals surface area contributed by atoms with E-state index >= 15 is 0 Å². The number of azo groups is 1. The van der Waals surface area contributed by atoms with Gasteiger partial charge in [-0.2, -0.15) is 0 Å². The molecule has 0 aliphatic heterocycles. The van der Waals surface area contributed by atoms with Crippen LogP contribution in [0.3, 0.4) is 0 Å². The van der Waals surface area contributed by atoms with Crippen molar-refractivity contribution in [1.29, 1.82) is 0 Å². The second-order valence-electron chi connectivity index (χ2n) is 6.60. The summed E-state index contributed by atoms with van der Waals surface area (Å²) in [6.45, 7) is 0.571. The Kier molecular flexibility index (Phi) is 5.52. The Labute approximate surface area is 157 Å². The molecular formula is C20H23N4O3+. The summed E-state index contributed by atoms with van der Waals surface area (Å²) in [5.41, 5.74) is 1.99. The summed E-state index contributed by atoms with van der Waals surface area (Å²) in [7, 11) is 5.58. The van der Waals surface area contributed by atoms with Crippen LogP contribution in [-0.4, -0.2) is 36.8 Å². The third-order valence-electron chi connectivity index (χ3n) is 4.17. The highest BCUT2D eigenvalue weighted by molar-refractivity contribution is 5.95. The van der Waals surface area contributed by atoms with E-state index in [1.807, 2.05) is 50.5 Å². The number of hydrogen-bond acceptors (Lipinski definition) is 4. The van der Waals surface area contributed by atoms with Crippen LogP contribution in [0, 0.1) is 0 Å². The molecule has 0 spiro atoms. The van der Waals surface area contributed by atoms with Crippen LogP contribution in [0.1, 0.15) is 5.56 Å². The average Bonchev–Trinajstić information content (AvgIpc) is 2.92. The number of nitrogens with one attached hydrogen (secondary N) is 1. The zero-order valence-corrected chi connectivity index (χ0v) is 15.6. The molecular weight excluding hydrogens is 344 g/mol. The average molecular weight is 367 g/mol. The van der Waals surface area contributed by atoms with Gasteiger partial charge >= 0.3 is 0 Å². The Hall–Kier alpha value is -3.19. The molecule has 140 valence electrons. The number of para-hydroxylation sites is 1. The van der Waals surface area contributed by atoms with Crippen LogP contribution in [0.4, 0.5) is 5.69 Å². The number of quaternary nitrogens is 1. The molecule has 0 bridgehead atoms. The first-order chi connectivity index (χ1) is 13.0. The molecule has 0 unspecified atom stereocenters. The fraction of sp³-hybridized carbons (Fsp3) is 0.250. The molecule has 1 aromatic heterocycles. The van der Waals surface area contributed by atoms with Gasteiger partial charge in [0.2, 0.25) is 5.88 Å². The number of hydrogen-bond donors (Lipinski definition) is 2. The number of fused-ring (bicyclic) bond motifs is 1. The lowest BCUT2D eigenvalue weighted by Crippen LogP contribution is -3.04. The fourth-order valence-corrected chi connectivity index (χ4v) is 2.91. The van der Waals surface area contributed by atoms with Gasteiger partial charge in [-0.05, 0) is 23.8 Å². The molecule has 0 aliphatic carbocycles. The lowest BCUT2D eigenvalue weighted by atomic mass is 10.1. The zero-order valence-electron chi connectivity index (χ0n) is 15.6. The van der Waals surface area contributed by atoms with Crippen LogP contribution in [0.5, 0.6) is 11.6 Å². The number of amides is 1. The number of benzene rings is 2. The third-order valence-corrected chi connectivity index (χ3v) is 4.17. The van der Waals surface area contributed by atoms with Crippen LogP contribution in [0.25, 0.3) is 10.9 Å². The largest absolute Gasteiger partial charge is 0.497 e. The van der Waals surface area contributed by atoms with Crippen LogP contribution in [0.2, 0.25) is 0 Å². The number of rotatable bonds is 6. The zero-order chi connectivity index (χ0) is 19.4. The van der Waals surface area contributed by atoms with Crippen molar-refractivity contribution in [3.05, 3.63) is 54.1 Å². The predicted octanol–water partition coefficient (Wildman–Crippen LogP) is 2.31. The van der Waals surface area contributed by atoms with E-state index in [0.29, 0.717) is 12.4 Å². The third kappa shape index (κ3) is 4.15. The molecule has 0 saturated carbocycles. The maximum Gasteiger partial charge on any atom is 0.269 e. The van der Waals surface area contributed by atoms with Crippen molar-refractivity contribution in [3.8, 4) is 11.6 Å². The quantitative estimate of drug-likeness (QED) is 0.656. The predicted molar refractivity (Wildman–Crippen MR) is 103 cm³/mol. The molecule has 0 fully saturated rings. The number of carbonyl (C=O) groups excluding carboxylic acids is 1. The number of nitrogens with zero attached hydrogens (tertiary/aromatic N) is 3. The van der Waals surface area contributed by atoms with Gasteiger partial charge < -0.3 is 14.7 Å². The highest BCUT2D eigenvalue weighted by Crippen LogP contribution is 2.38. The molecule has 3 aromatic rings. The van der Waals surface area contributed by atoms with Gasteiger partial charge in [0.25, 0.3) is 5.91 Å². The Morgan fingerprint density at radius 2 is 1.85 bits per heavy atom. The van der Waals surface area contributed by atoms with Crippen molar-refractivity contribution in [1.82, 2.24) is 4.57 Å². The Bertz CT molecular complexity index is 975. The number of ether oxygens (including phenoxy) is 1. The maximum absolute atomic E-state index is 12.2. The molecule has 27 heavy (non-hydrogen) atoms. The molecule has 1 heterocycles. The second-order valence-corrected chi connectivity index (χ2v) is 6.60.